The Morgan fingerprint density at radius 1 is 1.43 bits per heavy atom. The lowest BCUT2D eigenvalue weighted by molar-refractivity contribution is -0.144. The van der Waals surface area contributed by atoms with Crippen molar-refractivity contribution in [1.82, 2.24) is 0 Å². The van der Waals surface area contributed by atoms with Crippen LogP contribution in [0.5, 0.6) is 0 Å². The van der Waals surface area contributed by atoms with E-state index < -0.39 is 11.5 Å². The third kappa shape index (κ3) is 4.05. The number of aryl methyl sites for hydroxylation is 1. The van der Waals surface area contributed by atoms with Crippen LogP contribution in [0.2, 0.25) is 0 Å². The molecule has 0 spiro atoms. The Kier molecular flexibility index (Phi) is 6.37. The lowest BCUT2D eigenvalue weighted by Gasteiger charge is -2.36. The van der Waals surface area contributed by atoms with Gasteiger partial charge in [0.25, 0.3) is 0 Å². The quantitative estimate of drug-likeness (QED) is 0.756. The number of esters is 1. The van der Waals surface area contributed by atoms with Gasteiger partial charge in [-0.1, -0.05) is 25.1 Å². The van der Waals surface area contributed by atoms with Gasteiger partial charge < -0.3 is 14.9 Å². The van der Waals surface area contributed by atoms with E-state index in [4.69, 9.17) is 9.84 Å². The van der Waals surface area contributed by atoms with Crippen LogP contribution in [0, 0.1) is 6.92 Å². The fourth-order valence-corrected chi connectivity index (χ4v) is 2.73. The molecular formula is C17H26O4. The van der Waals surface area contributed by atoms with Crippen LogP contribution in [0.15, 0.2) is 18.2 Å². The number of aliphatic hydroxyl groups is 2. The van der Waals surface area contributed by atoms with Gasteiger partial charge in [-0.25, -0.2) is 0 Å². The SMILES string of the molecule is CCc1cccc(C(C)(COC(C)=O)C(O)CCO)c1C. The molecule has 0 radical (unpaired) electrons. The largest absolute Gasteiger partial charge is 0.465 e. The maximum absolute atomic E-state index is 11.2. The van der Waals surface area contributed by atoms with Crippen LogP contribution in [-0.4, -0.2) is 35.5 Å². The van der Waals surface area contributed by atoms with Crippen LogP contribution in [-0.2, 0) is 21.4 Å². The van der Waals surface area contributed by atoms with Gasteiger partial charge >= 0.3 is 5.97 Å². The highest BCUT2D eigenvalue weighted by atomic mass is 16.5. The molecule has 1 aromatic rings. The Balaban J connectivity index is 3.25. The predicted octanol–water partition coefficient (Wildman–Crippen LogP) is 2.12. The maximum atomic E-state index is 11.2. The van der Waals surface area contributed by atoms with Crippen molar-refractivity contribution in [2.75, 3.05) is 13.2 Å². The minimum absolute atomic E-state index is 0.0947. The van der Waals surface area contributed by atoms with E-state index in [1.54, 1.807) is 0 Å². The molecule has 0 saturated carbocycles. The molecule has 1 aromatic carbocycles. The Bertz CT molecular complexity index is 484. The zero-order valence-electron chi connectivity index (χ0n) is 13.3. The highest BCUT2D eigenvalue weighted by molar-refractivity contribution is 5.66. The second-order valence-corrected chi connectivity index (χ2v) is 5.67. The molecule has 0 aromatic heterocycles. The monoisotopic (exact) mass is 294 g/mol. The van der Waals surface area contributed by atoms with Crippen LogP contribution < -0.4 is 0 Å². The van der Waals surface area contributed by atoms with Gasteiger partial charge in [-0.15, -0.1) is 0 Å². The number of carbonyl (C=O) groups is 1. The van der Waals surface area contributed by atoms with Gasteiger partial charge in [0.15, 0.2) is 0 Å². The lowest BCUT2D eigenvalue weighted by Crippen LogP contribution is -2.42. The van der Waals surface area contributed by atoms with Crippen molar-refractivity contribution in [1.29, 1.82) is 0 Å². The van der Waals surface area contributed by atoms with Crippen molar-refractivity contribution >= 4 is 5.97 Å². The topological polar surface area (TPSA) is 66.8 Å². The summed E-state index contributed by atoms with van der Waals surface area (Å²) in [6.07, 6.45) is 0.361. The minimum atomic E-state index is -0.785. The molecule has 118 valence electrons. The number of benzene rings is 1. The molecule has 0 amide bonds. The number of rotatable bonds is 7. The average Bonchev–Trinajstić information content (AvgIpc) is 2.45. The molecular weight excluding hydrogens is 268 g/mol. The van der Waals surface area contributed by atoms with E-state index in [-0.39, 0.29) is 25.6 Å². The van der Waals surface area contributed by atoms with E-state index in [1.807, 2.05) is 26.0 Å². The maximum Gasteiger partial charge on any atom is 0.302 e. The van der Waals surface area contributed by atoms with Crippen LogP contribution in [0.3, 0.4) is 0 Å². The standard InChI is InChI=1S/C17H26O4/c1-5-14-7-6-8-15(12(14)2)17(4,11-21-13(3)19)16(20)9-10-18/h6-8,16,18,20H,5,9-11H2,1-4H3. The van der Waals surface area contributed by atoms with Gasteiger partial charge in [-0.3, -0.25) is 4.79 Å². The number of hydrogen-bond acceptors (Lipinski definition) is 4. The molecule has 0 heterocycles. The van der Waals surface area contributed by atoms with Crippen molar-refractivity contribution in [2.24, 2.45) is 0 Å². The molecule has 1 rings (SSSR count). The Morgan fingerprint density at radius 3 is 2.62 bits per heavy atom. The zero-order valence-corrected chi connectivity index (χ0v) is 13.3. The summed E-state index contributed by atoms with van der Waals surface area (Å²) in [4.78, 5) is 11.2. The molecule has 0 bridgehead atoms. The second kappa shape index (κ2) is 7.57. The molecule has 0 fully saturated rings. The van der Waals surface area contributed by atoms with Crippen molar-refractivity contribution in [3.05, 3.63) is 34.9 Å². The van der Waals surface area contributed by atoms with Crippen molar-refractivity contribution in [3.63, 3.8) is 0 Å². The van der Waals surface area contributed by atoms with Crippen LogP contribution >= 0.6 is 0 Å². The molecule has 0 saturated heterocycles. The Hall–Kier alpha value is -1.39. The van der Waals surface area contributed by atoms with Crippen molar-refractivity contribution < 1.29 is 19.7 Å². The minimum Gasteiger partial charge on any atom is -0.465 e. The number of ether oxygens (including phenoxy) is 1. The van der Waals surface area contributed by atoms with Crippen molar-refractivity contribution in [3.8, 4) is 0 Å². The number of carbonyl (C=O) groups excluding carboxylic acids is 1. The third-order valence-corrected chi connectivity index (χ3v) is 4.16. The first-order valence-corrected chi connectivity index (χ1v) is 7.38. The number of aliphatic hydroxyl groups excluding tert-OH is 2. The summed E-state index contributed by atoms with van der Waals surface area (Å²) < 4.78 is 5.18. The Morgan fingerprint density at radius 2 is 2.10 bits per heavy atom. The highest BCUT2D eigenvalue weighted by Crippen LogP contribution is 2.33. The smallest absolute Gasteiger partial charge is 0.302 e. The summed E-state index contributed by atoms with van der Waals surface area (Å²) in [5.74, 6) is -0.373. The van der Waals surface area contributed by atoms with Gasteiger partial charge in [-0.05, 0) is 43.4 Å². The summed E-state index contributed by atoms with van der Waals surface area (Å²) in [6.45, 7) is 7.32. The Labute approximate surface area is 126 Å². The predicted molar refractivity (Wildman–Crippen MR) is 82.3 cm³/mol. The molecule has 0 aliphatic rings. The van der Waals surface area contributed by atoms with E-state index in [1.165, 1.54) is 12.5 Å². The zero-order chi connectivity index (χ0) is 16.0. The van der Waals surface area contributed by atoms with Gasteiger partial charge in [0.2, 0.25) is 0 Å². The van der Waals surface area contributed by atoms with Crippen LogP contribution in [0.25, 0.3) is 0 Å². The molecule has 4 nitrogen and oxygen atoms in total. The fraction of sp³-hybridized carbons (Fsp3) is 0.588. The van der Waals surface area contributed by atoms with Gasteiger partial charge in [0, 0.05) is 13.5 Å². The fourth-order valence-electron chi connectivity index (χ4n) is 2.73. The van der Waals surface area contributed by atoms with Gasteiger partial charge in [-0.2, -0.15) is 0 Å². The molecule has 4 heteroatoms. The first kappa shape index (κ1) is 17.7. The molecule has 2 N–H and O–H groups in total. The molecule has 0 aliphatic heterocycles. The summed E-state index contributed by atoms with van der Waals surface area (Å²) in [5.41, 5.74) is 2.54. The van der Waals surface area contributed by atoms with E-state index in [0.717, 1.165) is 17.5 Å². The van der Waals surface area contributed by atoms with Crippen LogP contribution in [0.4, 0.5) is 0 Å². The summed E-state index contributed by atoms with van der Waals surface area (Å²) in [6, 6.07) is 5.97. The summed E-state index contributed by atoms with van der Waals surface area (Å²) in [5, 5.41) is 19.6. The molecule has 2 atom stereocenters. The van der Waals surface area contributed by atoms with E-state index in [9.17, 15) is 9.90 Å². The highest BCUT2D eigenvalue weighted by Gasteiger charge is 2.37. The lowest BCUT2D eigenvalue weighted by atomic mass is 9.74. The third-order valence-electron chi connectivity index (χ3n) is 4.16. The summed E-state index contributed by atoms with van der Waals surface area (Å²) in [7, 11) is 0. The average molecular weight is 294 g/mol. The molecule has 21 heavy (non-hydrogen) atoms. The second-order valence-electron chi connectivity index (χ2n) is 5.67. The normalized spacial score (nSPS) is 15.3. The molecule has 0 aliphatic carbocycles. The van der Waals surface area contributed by atoms with E-state index in [2.05, 4.69) is 13.0 Å². The van der Waals surface area contributed by atoms with Crippen LogP contribution in [0.1, 0.15) is 43.9 Å². The molecule has 2 unspecified atom stereocenters. The first-order chi connectivity index (χ1) is 9.86. The van der Waals surface area contributed by atoms with E-state index in [0.29, 0.717) is 0 Å². The van der Waals surface area contributed by atoms with Crippen molar-refractivity contribution in [2.45, 2.75) is 52.1 Å². The van der Waals surface area contributed by atoms with Gasteiger partial charge in [0.1, 0.15) is 6.61 Å². The van der Waals surface area contributed by atoms with E-state index >= 15 is 0 Å². The summed E-state index contributed by atoms with van der Waals surface area (Å²) >= 11 is 0. The number of hydrogen-bond donors (Lipinski definition) is 2. The first-order valence-electron chi connectivity index (χ1n) is 7.38. The van der Waals surface area contributed by atoms with Gasteiger partial charge in [0.05, 0.1) is 11.5 Å².